The zero-order chi connectivity index (χ0) is 18.5. The van der Waals surface area contributed by atoms with Gasteiger partial charge in [0, 0.05) is 11.6 Å². The van der Waals surface area contributed by atoms with Crippen LogP contribution in [-0.2, 0) is 11.3 Å². The molecule has 2 aromatic carbocycles. The van der Waals surface area contributed by atoms with Crippen molar-refractivity contribution in [2.45, 2.75) is 26.4 Å². The van der Waals surface area contributed by atoms with Crippen LogP contribution in [0.25, 0.3) is 0 Å². The lowest BCUT2D eigenvalue weighted by Gasteiger charge is -2.22. The second-order valence-corrected chi connectivity index (χ2v) is 6.77. The summed E-state index contributed by atoms with van der Waals surface area (Å²) in [6, 6.07) is 13.3. The molecule has 0 aliphatic carbocycles. The molecule has 0 bridgehead atoms. The topological polar surface area (TPSA) is 50.8 Å². The van der Waals surface area contributed by atoms with Gasteiger partial charge in [-0.3, -0.25) is 9.69 Å². The van der Waals surface area contributed by atoms with Crippen LogP contribution in [0.5, 0.6) is 11.5 Å². The van der Waals surface area contributed by atoms with Gasteiger partial charge in [-0.25, -0.2) is 0 Å². The minimum atomic E-state index is -0.0922. The van der Waals surface area contributed by atoms with Crippen LogP contribution in [0.4, 0.5) is 0 Å². The number of rotatable bonds is 7. The summed E-state index contributed by atoms with van der Waals surface area (Å²) < 4.78 is 10.7. The van der Waals surface area contributed by atoms with Gasteiger partial charge in [-0.05, 0) is 48.9 Å². The Labute approximate surface area is 158 Å². The lowest BCUT2D eigenvalue weighted by atomic mass is 10.1. The molecule has 1 N–H and O–H groups in total. The zero-order valence-electron chi connectivity index (χ0n) is 15.0. The first-order chi connectivity index (χ1) is 12.5. The van der Waals surface area contributed by atoms with E-state index in [1.807, 2.05) is 56.3 Å². The standard InChI is InChI=1S/C20H23ClN2O3/c1-3-23(11-15-7-8-18-19(9-15)26-13-25-18)12-20(24)22-14(2)16-5-4-6-17(21)10-16/h4-10,14H,3,11-13H2,1-2H3,(H,22,24). The van der Waals surface area contributed by atoms with Crippen molar-refractivity contribution in [1.29, 1.82) is 0 Å². The van der Waals surface area contributed by atoms with Crippen LogP contribution in [0.3, 0.4) is 0 Å². The van der Waals surface area contributed by atoms with E-state index in [-0.39, 0.29) is 18.7 Å². The number of carbonyl (C=O) groups is 1. The molecule has 1 unspecified atom stereocenters. The van der Waals surface area contributed by atoms with E-state index in [4.69, 9.17) is 21.1 Å². The van der Waals surface area contributed by atoms with Crippen molar-refractivity contribution in [3.63, 3.8) is 0 Å². The number of likely N-dealkylation sites (N-methyl/N-ethyl adjacent to an activating group) is 1. The number of ether oxygens (including phenoxy) is 2. The number of nitrogens with one attached hydrogen (secondary N) is 1. The highest BCUT2D eigenvalue weighted by atomic mass is 35.5. The highest BCUT2D eigenvalue weighted by molar-refractivity contribution is 6.30. The lowest BCUT2D eigenvalue weighted by molar-refractivity contribution is -0.123. The maximum absolute atomic E-state index is 12.4. The minimum Gasteiger partial charge on any atom is -0.454 e. The molecular weight excluding hydrogens is 352 g/mol. The molecule has 0 saturated carbocycles. The van der Waals surface area contributed by atoms with E-state index < -0.39 is 0 Å². The number of nitrogens with zero attached hydrogens (tertiary/aromatic N) is 1. The van der Waals surface area contributed by atoms with Gasteiger partial charge < -0.3 is 14.8 Å². The van der Waals surface area contributed by atoms with Crippen LogP contribution in [0.15, 0.2) is 42.5 Å². The van der Waals surface area contributed by atoms with Gasteiger partial charge in [-0.1, -0.05) is 36.7 Å². The van der Waals surface area contributed by atoms with Crippen molar-refractivity contribution in [3.8, 4) is 11.5 Å². The lowest BCUT2D eigenvalue weighted by Crippen LogP contribution is -2.38. The van der Waals surface area contributed by atoms with Crippen LogP contribution in [-0.4, -0.2) is 30.7 Å². The maximum atomic E-state index is 12.4. The molecular formula is C20H23ClN2O3. The Morgan fingerprint density at radius 3 is 2.81 bits per heavy atom. The summed E-state index contributed by atoms with van der Waals surface area (Å²) >= 11 is 6.02. The van der Waals surface area contributed by atoms with Crippen molar-refractivity contribution in [1.82, 2.24) is 10.2 Å². The summed E-state index contributed by atoms with van der Waals surface area (Å²) in [7, 11) is 0. The summed E-state index contributed by atoms with van der Waals surface area (Å²) in [6.07, 6.45) is 0. The van der Waals surface area contributed by atoms with Crippen LogP contribution >= 0.6 is 11.6 Å². The minimum absolute atomic E-state index is 0.0138. The molecule has 138 valence electrons. The first kappa shape index (κ1) is 18.5. The molecule has 0 fully saturated rings. The van der Waals surface area contributed by atoms with Gasteiger partial charge in [-0.2, -0.15) is 0 Å². The Hall–Kier alpha value is -2.24. The van der Waals surface area contributed by atoms with E-state index in [0.717, 1.165) is 29.2 Å². The number of benzene rings is 2. The molecule has 6 heteroatoms. The van der Waals surface area contributed by atoms with Gasteiger partial charge >= 0.3 is 0 Å². The van der Waals surface area contributed by atoms with Crippen LogP contribution in [0.1, 0.15) is 31.0 Å². The Balaban J connectivity index is 1.56. The van der Waals surface area contributed by atoms with Crippen LogP contribution < -0.4 is 14.8 Å². The largest absolute Gasteiger partial charge is 0.454 e. The molecule has 0 saturated heterocycles. The second kappa shape index (κ2) is 8.43. The molecule has 3 rings (SSSR count). The molecule has 5 nitrogen and oxygen atoms in total. The number of carbonyl (C=O) groups excluding carboxylic acids is 1. The van der Waals surface area contributed by atoms with E-state index in [0.29, 0.717) is 18.1 Å². The molecule has 2 aromatic rings. The van der Waals surface area contributed by atoms with Crippen molar-refractivity contribution >= 4 is 17.5 Å². The van der Waals surface area contributed by atoms with Crippen LogP contribution in [0.2, 0.25) is 5.02 Å². The number of hydrogen-bond donors (Lipinski definition) is 1. The summed E-state index contributed by atoms with van der Waals surface area (Å²) in [5, 5.41) is 3.70. The Bertz CT molecular complexity index is 781. The van der Waals surface area contributed by atoms with E-state index in [2.05, 4.69) is 10.2 Å². The fourth-order valence-corrected chi connectivity index (χ4v) is 3.13. The number of halogens is 1. The molecule has 1 heterocycles. The first-order valence-electron chi connectivity index (χ1n) is 8.71. The van der Waals surface area contributed by atoms with E-state index in [1.165, 1.54) is 0 Å². The predicted molar refractivity (Wildman–Crippen MR) is 102 cm³/mol. The number of fused-ring (bicyclic) bond motifs is 1. The predicted octanol–water partition coefficient (Wildman–Crippen LogP) is 3.77. The summed E-state index contributed by atoms with van der Waals surface area (Å²) in [6.45, 7) is 6.04. The summed E-state index contributed by atoms with van der Waals surface area (Å²) in [4.78, 5) is 14.5. The van der Waals surface area contributed by atoms with Crippen molar-refractivity contribution < 1.29 is 14.3 Å². The van der Waals surface area contributed by atoms with Gasteiger partial charge in [0.2, 0.25) is 12.7 Å². The molecule has 1 aliphatic heterocycles. The number of hydrogen-bond acceptors (Lipinski definition) is 4. The van der Waals surface area contributed by atoms with Crippen molar-refractivity contribution in [3.05, 3.63) is 58.6 Å². The third-order valence-electron chi connectivity index (χ3n) is 4.38. The van der Waals surface area contributed by atoms with Gasteiger partial charge in [0.15, 0.2) is 11.5 Å². The Morgan fingerprint density at radius 2 is 2.04 bits per heavy atom. The summed E-state index contributed by atoms with van der Waals surface area (Å²) in [5.41, 5.74) is 2.08. The Morgan fingerprint density at radius 1 is 1.23 bits per heavy atom. The highest BCUT2D eigenvalue weighted by Crippen LogP contribution is 2.32. The monoisotopic (exact) mass is 374 g/mol. The average Bonchev–Trinajstić information content (AvgIpc) is 3.08. The third-order valence-corrected chi connectivity index (χ3v) is 4.62. The van der Waals surface area contributed by atoms with E-state index in [1.54, 1.807) is 0 Å². The van der Waals surface area contributed by atoms with E-state index in [9.17, 15) is 4.79 Å². The molecule has 1 atom stereocenters. The zero-order valence-corrected chi connectivity index (χ0v) is 15.8. The maximum Gasteiger partial charge on any atom is 0.234 e. The fourth-order valence-electron chi connectivity index (χ4n) is 2.93. The molecule has 0 spiro atoms. The third kappa shape index (κ3) is 4.68. The second-order valence-electron chi connectivity index (χ2n) is 6.34. The molecule has 0 aromatic heterocycles. The van der Waals surface area contributed by atoms with Gasteiger partial charge in [0.25, 0.3) is 0 Å². The first-order valence-corrected chi connectivity index (χ1v) is 9.08. The van der Waals surface area contributed by atoms with Crippen molar-refractivity contribution in [2.75, 3.05) is 19.9 Å². The smallest absolute Gasteiger partial charge is 0.234 e. The fraction of sp³-hybridized carbons (Fsp3) is 0.350. The normalized spacial score (nSPS) is 13.7. The molecule has 26 heavy (non-hydrogen) atoms. The van der Waals surface area contributed by atoms with Gasteiger partial charge in [0.05, 0.1) is 12.6 Å². The SMILES string of the molecule is CCN(CC(=O)NC(C)c1cccc(Cl)c1)Cc1ccc2c(c1)OCO2. The quantitative estimate of drug-likeness (QED) is 0.801. The van der Waals surface area contributed by atoms with Gasteiger partial charge in [0.1, 0.15) is 0 Å². The van der Waals surface area contributed by atoms with E-state index >= 15 is 0 Å². The molecule has 1 aliphatic rings. The van der Waals surface area contributed by atoms with Gasteiger partial charge in [-0.15, -0.1) is 0 Å². The molecule has 0 radical (unpaired) electrons. The Kier molecular flexibility index (Phi) is 6.01. The summed E-state index contributed by atoms with van der Waals surface area (Å²) in [5.74, 6) is 1.52. The van der Waals surface area contributed by atoms with Crippen LogP contribution in [0, 0.1) is 0 Å². The molecule has 1 amide bonds. The van der Waals surface area contributed by atoms with Crippen molar-refractivity contribution in [2.24, 2.45) is 0 Å². The average molecular weight is 375 g/mol. The number of amides is 1. The highest BCUT2D eigenvalue weighted by Gasteiger charge is 2.16.